The summed E-state index contributed by atoms with van der Waals surface area (Å²) in [5, 5.41) is 27.1. The Morgan fingerprint density at radius 1 is 0.923 bits per heavy atom. The van der Waals surface area contributed by atoms with Gasteiger partial charge in [0.25, 0.3) is 0 Å². The SMILES string of the molecule is CCC(C)C(N)C(=O)NC(Cc1cnc[nH]1)C(=O)NC(Cc1ccc(O)cc1)C(=O)NC(CC(C)C)C(=O)O. The largest absolute Gasteiger partial charge is 0.508 e. The lowest BCUT2D eigenvalue weighted by molar-refractivity contribution is -0.142. The number of benzene rings is 1. The number of aliphatic carboxylic acids is 1. The number of hydrogen-bond donors (Lipinski definition) is 7. The van der Waals surface area contributed by atoms with Gasteiger partial charge < -0.3 is 36.9 Å². The summed E-state index contributed by atoms with van der Waals surface area (Å²) in [6.07, 6.45) is 3.91. The van der Waals surface area contributed by atoms with Crippen molar-refractivity contribution >= 4 is 23.7 Å². The minimum atomic E-state index is -1.19. The summed E-state index contributed by atoms with van der Waals surface area (Å²) in [6, 6.07) is 1.85. The molecule has 5 atom stereocenters. The van der Waals surface area contributed by atoms with Crippen LogP contribution in [0.2, 0.25) is 0 Å². The second kappa shape index (κ2) is 14.9. The number of nitrogens with two attached hydrogens (primary N) is 1. The molecule has 12 heteroatoms. The molecule has 5 unspecified atom stereocenters. The quantitative estimate of drug-likeness (QED) is 0.171. The first-order valence-corrected chi connectivity index (χ1v) is 13.1. The highest BCUT2D eigenvalue weighted by atomic mass is 16.4. The minimum absolute atomic E-state index is 0.000240. The fourth-order valence-electron chi connectivity index (χ4n) is 3.92. The Morgan fingerprint density at radius 2 is 1.49 bits per heavy atom. The van der Waals surface area contributed by atoms with Crippen LogP contribution < -0.4 is 21.7 Å². The van der Waals surface area contributed by atoms with Crippen molar-refractivity contribution in [3.63, 3.8) is 0 Å². The number of amides is 3. The van der Waals surface area contributed by atoms with E-state index < -0.39 is 47.9 Å². The summed E-state index contributed by atoms with van der Waals surface area (Å²) in [5.74, 6) is -3.12. The minimum Gasteiger partial charge on any atom is -0.508 e. The van der Waals surface area contributed by atoms with Gasteiger partial charge in [-0.05, 0) is 36.0 Å². The number of nitrogens with zero attached hydrogens (tertiary/aromatic N) is 1. The van der Waals surface area contributed by atoms with Crippen LogP contribution in [-0.2, 0) is 32.0 Å². The van der Waals surface area contributed by atoms with E-state index in [9.17, 15) is 29.4 Å². The number of phenolic OH excluding ortho intramolecular Hbond substituents is 1. The maximum atomic E-state index is 13.5. The summed E-state index contributed by atoms with van der Waals surface area (Å²) in [5.41, 5.74) is 7.28. The molecule has 0 saturated heterocycles. The third-order valence-corrected chi connectivity index (χ3v) is 6.50. The third kappa shape index (κ3) is 10.0. The molecular formula is C27H40N6O6. The van der Waals surface area contributed by atoms with E-state index in [1.54, 1.807) is 12.1 Å². The summed E-state index contributed by atoms with van der Waals surface area (Å²) in [7, 11) is 0. The number of aromatic hydroxyl groups is 1. The van der Waals surface area contributed by atoms with Crippen LogP contribution >= 0.6 is 0 Å². The molecule has 0 fully saturated rings. The highest BCUT2D eigenvalue weighted by Crippen LogP contribution is 2.13. The van der Waals surface area contributed by atoms with E-state index in [-0.39, 0.29) is 36.8 Å². The highest BCUT2D eigenvalue weighted by molar-refractivity contribution is 5.94. The second-order valence-corrected chi connectivity index (χ2v) is 10.2. The molecule has 1 aromatic heterocycles. The number of H-pyrrole nitrogens is 1. The molecule has 0 aliphatic rings. The molecule has 39 heavy (non-hydrogen) atoms. The molecule has 0 spiro atoms. The maximum Gasteiger partial charge on any atom is 0.326 e. The van der Waals surface area contributed by atoms with Gasteiger partial charge in [-0.2, -0.15) is 0 Å². The Bertz CT molecular complexity index is 1090. The van der Waals surface area contributed by atoms with Crippen LogP contribution in [0.5, 0.6) is 5.75 Å². The van der Waals surface area contributed by atoms with Crippen LogP contribution in [0.25, 0.3) is 0 Å². The summed E-state index contributed by atoms with van der Waals surface area (Å²) >= 11 is 0. The van der Waals surface area contributed by atoms with Crippen LogP contribution in [-0.4, -0.2) is 68.0 Å². The van der Waals surface area contributed by atoms with Crippen LogP contribution in [0.3, 0.4) is 0 Å². The van der Waals surface area contributed by atoms with Crippen LogP contribution in [0.4, 0.5) is 0 Å². The summed E-state index contributed by atoms with van der Waals surface area (Å²) in [4.78, 5) is 58.2. The molecule has 0 saturated carbocycles. The van der Waals surface area contributed by atoms with Gasteiger partial charge in [0.05, 0.1) is 12.4 Å². The molecule has 2 rings (SSSR count). The van der Waals surface area contributed by atoms with Crippen molar-refractivity contribution in [2.24, 2.45) is 17.6 Å². The van der Waals surface area contributed by atoms with E-state index in [0.29, 0.717) is 17.7 Å². The molecule has 0 radical (unpaired) electrons. The average molecular weight is 545 g/mol. The first-order valence-electron chi connectivity index (χ1n) is 13.1. The monoisotopic (exact) mass is 544 g/mol. The number of carbonyl (C=O) groups excluding carboxylic acids is 3. The van der Waals surface area contributed by atoms with Crippen LogP contribution in [0.1, 0.15) is 51.8 Å². The van der Waals surface area contributed by atoms with Gasteiger partial charge in [-0.15, -0.1) is 0 Å². The number of rotatable bonds is 15. The molecule has 3 amide bonds. The Morgan fingerprint density at radius 3 is 2.00 bits per heavy atom. The predicted octanol–water partition coefficient (Wildman–Crippen LogP) is 0.859. The second-order valence-electron chi connectivity index (χ2n) is 10.2. The van der Waals surface area contributed by atoms with Gasteiger partial charge in [-0.3, -0.25) is 14.4 Å². The van der Waals surface area contributed by atoms with Crippen molar-refractivity contribution in [2.75, 3.05) is 0 Å². The highest BCUT2D eigenvalue weighted by Gasteiger charge is 2.31. The number of carboxylic acids is 1. The van der Waals surface area contributed by atoms with Crippen LogP contribution in [0, 0.1) is 11.8 Å². The van der Waals surface area contributed by atoms with Gasteiger partial charge in [0.2, 0.25) is 17.7 Å². The van der Waals surface area contributed by atoms with Gasteiger partial charge in [0, 0.05) is 24.7 Å². The number of carboxylic acid groups (broad SMARTS) is 1. The zero-order valence-electron chi connectivity index (χ0n) is 22.8. The first kappa shape index (κ1) is 31.3. The van der Waals surface area contributed by atoms with E-state index in [1.807, 2.05) is 27.7 Å². The molecule has 0 aliphatic carbocycles. The first-order chi connectivity index (χ1) is 18.4. The topological polar surface area (TPSA) is 200 Å². The third-order valence-electron chi connectivity index (χ3n) is 6.50. The van der Waals surface area contributed by atoms with Gasteiger partial charge in [-0.1, -0.05) is 46.2 Å². The van der Waals surface area contributed by atoms with E-state index in [2.05, 4.69) is 25.9 Å². The number of carbonyl (C=O) groups is 4. The van der Waals surface area contributed by atoms with Crippen molar-refractivity contribution in [3.8, 4) is 5.75 Å². The number of nitrogens with one attached hydrogen (secondary N) is 4. The number of imidazole rings is 1. The average Bonchev–Trinajstić information content (AvgIpc) is 3.40. The molecular weight excluding hydrogens is 504 g/mol. The maximum absolute atomic E-state index is 13.5. The molecule has 214 valence electrons. The number of aromatic amines is 1. The van der Waals surface area contributed by atoms with Crippen molar-refractivity contribution in [1.29, 1.82) is 0 Å². The summed E-state index contributed by atoms with van der Waals surface area (Å²) in [6.45, 7) is 7.42. The fraction of sp³-hybridized carbons (Fsp3) is 0.519. The Hall–Kier alpha value is -3.93. The lowest BCUT2D eigenvalue weighted by atomic mass is 9.98. The van der Waals surface area contributed by atoms with Gasteiger partial charge >= 0.3 is 5.97 Å². The zero-order chi connectivity index (χ0) is 29.1. The molecule has 1 heterocycles. The molecule has 2 aromatic rings. The van der Waals surface area contributed by atoms with E-state index in [4.69, 9.17) is 5.73 Å². The van der Waals surface area contributed by atoms with Crippen molar-refractivity contribution < 1.29 is 29.4 Å². The number of aromatic nitrogens is 2. The van der Waals surface area contributed by atoms with Gasteiger partial charge in [0.1, 0.15) is 23.9 Å². The number of phenols is 1. The molecule has 8 N–H and O–H groups in total. The Balaban J connectivity index is 2.30. The Labute approximate surface area is 228 Å². The van der Waals surface area contributed by atoms with Gasteiger partial charge in [-0.25, -0.2) is 9.78 Å². The molecule has 0 aliphatic heterocycles. The predicted molar refractivity (Wildman–Crippen MR) is 144 cm³/mol. The van der Waals surface area contributed by atoms with Crippen molar-refractivity contribution in [1.82, 2.24) is 25.9 Å². The summed E-state index contributed by atoms with van der Waals surface area (Å²) < 4.78 is 0. The lowest BCUT2D eigenvalue weighted by Crippen LogP contribution is -2.58. The lowest BCUT2D eigenvalue weighted by Gasteiger charge is -2.26. The number of hydrogen-bond acceptors (Lipinski definition) is 7. The molecule has 12 nitrogen and oxygen atoms in total. The standard InChI is InChI=1S/C27H40N6O6/c1-5-16(4)23(28)26(37)32-21(12-18-13-29-14-30-18)25(36)31-20(11-17-6-8-19(34)9-7-17)24(35)33-22(27(38)39)10-15(2)3/h6-9,13-16,20-23,34H,5,10-12,28H2,1-4H3,(H,29,30)(H,31,36)(H,32,37)(H,33,35)(H,38,39). The van der Waals surface area contributed by atoms with Crippen LogP contribution in [0.15, 0.2) is 36.8 Å². The molecule has 0 bridgehead atoms. The van der Waals surface area contributed by atoms with Crippen molar-refractivity contribution in [3.05, 3.63) is 48.0 Å². The van der Waals surface area contributed by atoms with E-state index >= 15 is 0 Å². The van der Waals surface area contributed by atoms with E-state index in [1.165, 1.54) is 24.7 Å². The smallest absolute Gasteiger partial charge is 0.326 e. The normalized spacial score (nSPS) is 15.0. The van der Waals surface area contributed by atoms with E-state index in [0.717, 1.165) is 0 Å². The Kier molecular flexibility index (Phi) is 11.9. The zero-order valence-corrected chi connectivity index (χ0v) is 22.8. The fourth-order valence-corrected chi connectivity index (χ4v) is 3.92. The van der Waals surface area contributed by atoms with Gasteiger partial charge in [0.15, 0.2) is 0 Å². The molecule has 1 aromatic carbocycles. The van der Waals surface area contributed by atoms with Crippen molar-refractivity contribution in [2.45, 2.75) is 77.5 Å².